The summed E-state index contributed by atoms with van der Waals surface area (Å²) in [6.07, 6.45) is 0.263. The number of benzene rings is 1. The van der Waals surface area contributed by atoms with Gasteiger partial charge in [-0.05, 0) is 37.6 Å². The Bertz CT molecular complexity index is 413. The predicted octanol–water partition coefficient (Wildman–Crippen LogP) is 2.94. The lowest BCUT2D eigenvalue weighted by Crippen LogP contribution is -2.26. The van der Waals surface area contributed by atoms with Gasteiger partial charge >= 0.3 is 0 Å². The highest BCUT2D eigenvalue weighted by Crippen LogP contribution is 2.23. The monoisotopic (exact) mass is 314 g/mol. The molecule has 0 saturated carbocycles. The second-order valence-electron chi connectivity index (χ2n) is 5.28. The van der Waals surface area contributed by atoms with Crippen molar-refractivity contribution >= 4 is 17.3 Å². The van der Waals surface area contributed by atoms with Crippen molar-refractivity contribution in [3.05, 3.63) is 28.8 Å². The number of hydrogen-bond acceptors (Lipinski definition) is 4. The van der Waals surface area contributed by atoms with Crippen molar-refractivity contribution in [1.29, 1.82) is 0 Å². The third-order valence-electron chi connectivity index (χ3n) is 3.13. The number of anilines is 1. The molecule has 0 heterocycles. The highest BCUT2D eigenvalue weighted by molar-refractivity contribution is 6.30. The van der Waals surface area contributed by atoms with Crippen molar-refractivity contribution < 1.29 is 9.47 Å². The molecule has 0 aromatic heterocycles. The van der Waals surface area contributed by atoms with Gasteiger partial charge in [0.1, 0.15) is 0 Å². The smallest absolute Gasteiger partial charge is 0.0644 e. The van der Waals surface area contributed by atoms with Crippen molar-refractivity contribution in [1.82, 2.24) is 5.32 Å². The fraction of sp³-hybridized carbons (Fsp3) is 0.625. The number of hydrogen-bond donors (Lipinski definition) is 1. The molecular weight excluding hydrogens is 288 g/mol. The van der Waals surface area contributed by atoms with Gasteiger partial charge in [-0.15, -0.1) is 0 Å². The lowest BCUT2D eigenvalue weighted by Gasteiger charge is -2.23. The standard InChI is InChI=1S/C16H27ClN2O2/c1-13(2)21-10-8-19(3)16-6-5-15(17)11-14(16)12-18-7-9-20-4/h5-6,11,13,18H,7-10,12H2,1-4H3. The third kappa shape index (κ3) is 7.14. The summed E-state index contributed by atoms with van der Waals surface area (Å²) in [6.45, 7) is 7.96. The van der Waals surface area contributed by atoms with E-state index in [-0.39, 0.29) is 6.10 Å². The summed E-state index contributed by atoms with van der Waals surface area (Å²) in [5.74, 6) is 0. The first-order valence-electron chi connectivity index (χ1n) is 7.35. The molecule has 5 heteroatoms. The van der Waals surface area contributed by atoms with E-state index in [4.69, 9.17) is 21.1 Å². The van der Waals surface area contributed by atoms with Gasteiger partial charge in [-0.2, -0.15) is 0 Å². The summed E-state index contributed by atoms with van der Waals surface area (Å²) in [7, 11) is 3.78. The van der Waals surface area contributed by atoms with Crippen LogP contribution in [0.4, 0.5) is 5.69 Å². The summed E-state index contributed by atoms with van der Waals surface area (Å²) in [4.78, 5) is 2.20. The van der Waals surface area contributed by atoms with E-state index < -0.39 is 0 Å². The Morgan fingerprint density at radius 3 is 2.71 bits per heavy atom. The van der Waals surface area contributed by atoms with Crippen LogP contribution < -0.4 is 10.2 Å². The molecule has 21 heavy (non-hydrogen) atoms. The van der Waals surface area contributed by atoms with Crippen molar-refractivity contribution in [3.8, 4) is 0 Å². The average molecular weight is 315 g/mol. The van der Waals surface area contributed by atoms with Crippen LogP contribution in [0.1, 0.15) is 19.4 Å². The van der Waals surface area contributed by atoms with Gasteiger partial charge in [0.2, 0.25) is 0 Å². The largest absolute Gasteiger partial charge is 0.383 e. The molecule has 0 aliphatic carbocycles. The number of halogens is 1. The van der Waals surface area contributed by atoms with E-state index in [0.717, 1.165) is 24.7 Å². The highest BCUT2D eigenvalue weighted by atomic mass is 35.5. The second kappa shape index (κ2) is 10.0. The molecule has 0 radical (unpaired) electrons. The fourth-order valence-corrected chi connectivity index (χ4v) is 2.21. The first-order chi connectivity index (χ1) is 10.0. The SMILES string of the molecule is COCCNCc1cc(Cl)ccc1N(C)CCOC(C)C. The molecule has 0 fully saturated rings. The molecule has 0 bridgehead atoms. The zero-order valence-electron chi connectivity index (χ0n) is 13.5. The van der Waals surface area contributed by atoms with Crippen LogP contribution in [-0.2, 0) is 16.0 Å². The third-order valence-corrected chi connectivity index (χ3v) is 3.36. The highest BCUT2D eigenvalue weighted by Gasteiger charge is 2.08. The minimum Gasteiger partial charge on any atom is -0.383 e. The molecule has 0 unspecified atom stereocenters. The lowest BCUT2D eigenvalue weighted by atomic mass is 10.1. The van der Waals surface area contributed by atoms with Crippen LogP contribution in [0.15, 0.2) is 18.2 Å². The maximum Gasteiger partial charge on any atom is 0.0644 e. The van der Waals surface area contributed by atoms with Gasteiger partial charge < -0.3 is 19.7 Å². The molecule has 0 spiro atoms. The normalized spacial score (nSPS) is 11.1. The Hall–Kier alpha value is -0.810. The maximum absolute atomic E-state index is 6.11. The topological polar surface area (TPSA) is 33.7 Å². The van der Waals surface area contributed by atoms with Gasteiger partial charge in [-0.1, -0.05) is 11.6 Å². The Morgan fingerprint density at radius 2 is 2.05 bits per heavy atom. The lowest BCUT2D eigenvalue weighted by molar-refractivity contribution is 0.0846. The van der Waals surface area contributed by atoms with Crippen LogP contribution in [0.3, 0.4) is 0 Å². The number of methoxy groups -OCH3 is 1. The van der Waals surface area contributed by atoms with E-state index in [9.17, 15) is 0 Å². The second-order valence-corrected chi connectivity index (χ2v) is 5.72. The van der Waals surface area contributed by atoms with Gasteiger partial charge in [0.05, 0.1) is 19.3 Å². The Balaban J connectivity index is 2.62. The summed E-state index contributed by atoms with van der Waals surface area (Å²) in [6, 6.07) is 6.00. The molecule has 0 amide bonds. The van der Waals surface area contributed by atoms with Gasteiger partial charge in [-0.25, -0.2) is 0 Å². The van der Waals surface area contributed by atoms with Crippen LogP contribution in [0.5, 0.6) is 0 Å². The number of likely N-dealkylation sites (N-methyl/N-ethyl adjacent to an activating group) is 1. The Labute approximate surface area is 133 Å². The van der Waals surface area contributed by atoms with Crippen LogP contribution in [0.2, 0.25) is 5.02 Å². The molecule has 4 nitrogen and oxygen atoms in total. The van der Waals surface area contributed by atoms with Crippen molar-refractivity contribution in [2.45, 2.75) is 26.5 Å². The van der Waals surface area contributed by atoms with Crippen LogP contribution in [0.25, 0.3) is 0 Å². The van der Waals surface area contributed by atoms with E-state index >= 15 is 0 Å². The molecule has 1 N–H and O–H groups in total. The predicted molar refractivity (Wildman–Crippen MR) is 89.4 cm³/mol. The summed E-state index contributed by atoms with van der Waals surface area (Å²) in [5.41, 5.74) is 2.36. The molecule has 0 saturated heterocycles. The minimum atomic E-state index is 0.263. The van der Waals surface area contributed by atoms with Crippen molar-refractivity contribution in [3.63, 3.8) is 0 Å². The molecule has 0 aliphatic rings. The maximum atomic E-state index is 6.11. The van der Waals surface area contributed by atoms with Gasteiger partial charge in [-0.3, -0.25) is 0 Å². The van der Waals surface area contributed by atoms with E-state index in [2.05, 4.69) is 23.3 Å². The summed E-state index contributed by atoms with van der Waals surface area (Å²) < 4.78 is 10.7. The van der Waals surface area contributed by atoms with E-state index in [1.165, 1.54) is 11.3 Å². The van der Waals surface area contributed by atoms with E-state index in [1.54, 1.807) is 7.11 Å². The van der Waals surface area contributed by atoms with E-state index in [1.807, 2.05) is 26.0 Å². The number of ether oxygens (including phenoxy) is 2. The Kier molecular flexibility index (Phi) is 8.69. The van der Waals surface area contributed by atoms with Crippen molar-refractivity contribution in [2.75, 3.05) is 45.4 Å². The van der Waals surface area contributed by atoms with Crippen LogP contribution >= 0.6 is 11.6 Å². The molecule has 120 valence electrons. The first kappa shape index (κ1) is 18.2. The van der Waals surface area contributed by atoms with Crippen LogP contribution in [-0.4, -0.2) is 46.6 Å². The van der Waals surface area contributed by atoms with E-state index in [0.29, 0.717) is 13.2 Å². The number of rotatable bonds is 10. The summed E-state index contributed by atoms with van der Waals surface area (Å²) in [5, 5.41) is 4.12. The number of nitrogens with one attached hydrogen (secondary N) is 1. The minimum absolute atomic E-state index is 0.263. The summed E-state index contributed by atoms with van der Waals surface area (Å²) >= 11 is 6.11. The first-order valence-corrected chi connectivity index (χ1v) is 7.73. The van der Waals surface area contributed by atoms with Gasteiger partial charge in [0, 0.05) is 44.5 Å². The molecule has 0 aliphatic heterocycles. The van der Waals surface area contributed by atoms with Gasteiger partial charge in [0.25, 0.3) is 0 Å². The fourth-order valence-electron chi connectivity index (χ4n) is 2.01. The quantitative estimate of drug-likeness (QED) is 0.673. The molecule has 1 aromatic rings. The van der Waals surface area contributed by atoms with Gasteiger partial charge in [0.15, 0.2) is 0 Å². The zero-order valence-corrected chi connectivity index (χ0v) is 14.2. The van der Waals surface area contributed by atoms with Crippen molar-refractivity contribution in [2.24, 2.45) is 0 Å². The zero-order chi connectivity index (χ0) is 15.7. The average Bonchev–Trinajstić information content (AvgIpc) is 2.43. The van der Waals surface area contributed by atoms with Crippen LogP contribution in [0, 0.1) is 0 Å². The molecule has 1 rings (SSSR count). The molecule has 0 atom stereocenters. The molecule has 1 aromatic carbocycles. The Morgan fingerprint density at radius 1 is 1.29 bits per heavy atom. The molecular formula is C16H27ClN2O2. The number of nitrogens with zero attached hydrogens (tertiary/aromatic N) is 1.